The van der Waals surface area contributed by atoms with Gasteiger partial charge in [0.05, 0.1) is 12.1 Å². The van der Waals surface area contributed by atoms with Gasteiger partial charge in [0.15, 0.2) is 0 Å². The molecule has 0 saturated carbocycles. The number of nitrogens with zero attached hydrogens (tertiary/aromatic N) is 1. The van der Waals surface area contributed by atoms with E-state index in [4.69, 9.17) is 10.6 Å². The quantitative estimate of drug-likeness (QED) is 0.586. The van der Waals surface area contributed by atoms with Crippen molar-refractivity contribution in [3.8, 4) is 0 Å². The Balaban J connectivity index is 2.91. The molecule has 1 rings (SSSR count). The number of aryl methyl sites for hydroxylation is 1. The van der Waals surface area contributed by atoms with Crippen LogP contribution in [0.3, 0.4) is 0 Å². The zero-order valence-electron chi connectivity index (χ0n) is 11.1. The number of nitrogens with one attached hydrogen (secondary N) is 1. The van der Waals surface area contributed by atoms with Crippen LogP contribution in [-0.2, 0) is 4.74 Å². The van der Waals surface area contributed by atoms with Crippen molar-refractivity contribution < 1.29 is 4.74 Å². The molecular weight excluding hydrogens is 214 g/mol. The summed E-state index contributed by atoms with van der Waals surface area (Å²) in [4.78, 5) is 4.30. The van der Waals surface area contributed by atoms with Gasteiger partial charge in [-0.3, -0.25) is 16.3 Å². The van der Waals surface area contributed by atoms with Crippen LogP contribution < -0.4 is 11.3 Å². The highest BCUT2D eigenvalue weighted by Gasteiger charge is 2.25. The van der Waals surface area contributed by atoms with E-state index in [9.17, 15) is 0 Å². The van der Waals surface area contributed by atoms with Crippen LogP contribution in [-0.4, -0.2) is 17.7 Å². The minimum Gasteiger partial charge on any atom is -0.376 e. The first-order chi connectivity index (χ1) is 8.10. The van der Waals surface area contributed by atoms with Crippen LogP contribution in [0.25, 0.3) is 0 Å². The fraction of sp³-hybridized carbons (Fsp3) is 0.615. The maximum absolute atomic E-state index is 5.77. The Kier molecular flexibility index (Phi) is 5.55. The van der Waals surface area contributed by atoms with Crippen molar-refractivity contribution in [3.63, 3.8) is 0 Å². The second-order valence-electron chi connectivity index (χ2n) is 4.54. The van der Waals surface area contributed by atoms with E-state index < -0.39 is 0 Å². The van der Waals surface area contributed by atoms with Crippen molar-refractivity contribution in [2.45, 2.75) is 39.8 Å². The minimum atomic E-state index is -0.0250. The van der Waals surface area contributed by atoms with Gasteiger partial charge < -0.3 is 4.74 Å². The maximum Gasteiger partial charge on any atom is 0.0805 e. The topological polar surface area (TPSA) is 60.2 Å². The van der Waals surface area contributed by atoms with Gasteiger partial charge in [-0.2, -0.15) is 0 Å². The molecule has 0 spiro atoms. The van der Waals surface area contributed by atoms with Crippen LogP contribution in [0.2, 0.25) is 0 Å². The average molecular weight is 237 g/mol. The Bertz CT molecular complexity index is 324. The summed E-state index contributed by atoms with van der Waals surface area (Å²) in [5.41, 5.74) is 4.90. The van der Waals surface area contributed by atoms with Gasteiger partial charge in [0.25, 0.3) is 0 Å². The second kappa shape index (κ2) is 6.69. The van der Waals surface area contributed by atoms with Crippen molar-refractivity contribution in [3.05, 3.63) is 29.6 Å². The Hall–Kier alpha value is -0.970. The number of hydrazine groups is 1. The molecule has 0 saturated heterocycles. The Morgan fingerprint density at radius 1 is 1.41 bits per heavy atom. The van der Waals surface area contributed by atoms with E-state index in [0.29, 0.717) is 12.5 Å². The molecule has 0 radical (unpaired) electrons. The number of nitrogens with two attached hydrogens (primary N) is 1. The SMILES string of the molecule is CCOC(C(C)C)C(NN)c1ccc(C)nc1. The predicted octanol–water partition coefficient (Wildman–Crippen LogP) is 1.96. The summed E-state index contributed by atoms with van der Waals surface area (Å²) in [6.45, 7) is 8.91. The lowest BCUT2D eigenvalue weighted by Gasteiger charge is -2.29. The maximum atomic E-state index is 5.77. The standard InChI is InChI=1S/C13H23N3O/c1-5-17-13(9(2)3)12(16-14)11-7-6-10(4)15-8-11/h6-9,12-13,16H,5,14H2,1-4H3. The van der Waals surface area contributed by atoms with Crippen LogP contribution >= 0.6 is 0 Å². The molecule has 96 valence electrons. The van der Waals surface area contributed by atoms with Gasteiger partial charge in [0.2, 0.25) is 0 Å². The van der Waals surface area contributed by atoms with E-state index in [0.717, 1.165) is 11.3 Å². The molecule has 0 aliphatic rings. The lowest BCUT2D eigenvalue weighted by molar-refractivity contribution is 0.00269. The fourth-order valence-electron chi connectivity index (χ4n) is 1.91. The molecule has 1 aromatic rings. The summed E-state index contributed by atoms with van der Waals surface area (Å²) >= 11 is 0. The predicted molar refractivity (Wildman–Crippen MR) is 69.3 cm³/mol. The van der Waals surface area contributed by atoms with Gasteiger partial charge in [-0.05, 0) is 31.4 Å². The Morgan fingerprint density at radius 2 is 2.12 bits per heavy atom. The molecule has 0 amide bonds. The van der Waals surface area contributed by atoms with Crippen molar-refractivity contribution in [1.82, 2.24) is 10.4 Å². The number of aromatic nitrogens is 1. The number of hydrogen-bond acceptors (Lipinski definition) is 4. The summed E-state index contributed by atoms with van der Waals surface area (Å²) < 4.78 is 5.77. The summed E-state index contributed by atoms with van der Waals surface area (Å²) in [5, 5.41) is 0. The third-order valence-corrected chi connectivity index (χ3v) is 2.82. The molecule has 0 aliphatic heterocycles. The van der Waals surface area contributed by atoms with Gasteiger partial charge in [-0.15, -0.1) is 0 Å². The molecule has 1 heterocycles. The number of pyridine rings is 1. The van der Waals surface area contributed by atoms with Gasteiger partial charge >= 0.3 is 0 Å². The number of ether oxygens (including phenoxy) is 1. The van der Waals surface area contributed by atoms with Crippen molar-refractivity contribution in [2.75, 3.05) is 6.61 Å². The minimum absolute atomic E-state index is 0.0250. The molecule has 3 N–H and O–H groups in total. The normalized spacial score (nSPS) is 14.9. The monoisotopic (exact) mass is 237 g/mol. The lowest BCUT2D eigenvalue weighted by atomic mass is 9.95. The Labute approximate surface area is 104 Å². The van der Waals surface area contributed by atoms with Gasteiger partial charge in [0.1, 0.15) is 0 Å². The van der Waals surface area contributed by atoms with Crippen molar-refractivity contribution >= 4 is 0 Å². The molecule has 0 bridgehead atoms. The summed E-state index contributed by atoms with van der Waals surface area (Å²) in [6, 6.07) is 4.01. The highest BCUT2D eigenvalue weighted by Crippen LogP contribution is 2.23. The zero-order chi connectivity index (χ0) is 12.8. The molecule has 4 nitrogen and oxygen atoms in total. The molecule has 17 heavy (non-hydrogen) atoms. The third kappa shape index (κ3) is 3.77. The summed E-state index contributed by atoms with van der Waals surface area (Å²) in [5.74, 6) is 6.04. The molecule has 4 heteroatoms. The first-order valence-electron chi connectivity index (χ1n) is 6.10. The van der Waals surface area contributed by atoms with Crippen LogP contribution in [0, 0.1) is 12.8 Å². The van der Waals surface area contributed by atoms with Gasteiger partial charge in [-0.25, -0.2) is 0 Å². The van der Waals surface area contributed by atoms with Crippen LogP contribution in [0.4, 0.5) is 0 Å². The van der Waals surface area contributed by atoms with Crippen molar-refractivity contribution in [2.24, 2.45) is 11.8 Å². The highest BCUT2D eigenvalue weighted by molar-refractivity contribution is 5.18. The van der Waals surface area contributed by atoms with E-state index in [1.54, 1.807) is 0 Å². The summed E-state index contributed by atoms with van der Waals surface area (Å²) in [6.07, 6.45) is 1.91. The number of rotatable bonds is 6. The largest absolute Gasteiger partial charge is 0.376 e. The van der Waals surface area contributed by atoms with E-state index in [1.165, 1.54) is 0 Å². The van der Waals surface area contributed by atoms with E-state index in [1.807, 2.05) is 32.2 Å². The molecule has 1 aromatic heterocycles. The van der Waals surface area contributed by atoms with Gasteiger partial charge in [-0.1, -0.05) is 19.9 Å². The highest BCUT2D eigenvalue weighted by atomic mass is 16.5. The van der Waals surface area contributed by atoms with Crippen LogP contribution in [0.1, 0.15) is 38.1 Å². The fourth-order valence-corrected chi connectivity index (χ4v) is 1.91. The summed E-state index contributed by atoms with van der Waals surface area (Å²) in [7, 11) is 0. The average Bonchev–Trinajstić information content (AvgIpc) is 2.31. The first-order valence-corrected chi connectivity index (χ1v) is 6.10. The third-order valence-electron chi connectivity index (χ3n) is 2.82. The lowest BCUT2D eigenvalue weighted by Crippen LogP contribution is -2.40. The van der Waals surface area contributed by atoms with E-state index in [-0.39, 0.29) is 12.1 Å². The zero-order valence-corrected chi connectivity index (χ0v) is 11.1. The van der Waals surface area contributed by atoms with Crippen LogP contribution in [0.15, 0.2) is 18.3 Å². The first kappa shape index (κ1) is 14.1. The number of hydrogen-bond donors (Lipinski definition) is 2. The second-order valence-corrected chi connectivity index (χ2v) is 4.54. The van der Waals surface area contributed by atoms with E-state index >= 15 is 0 Å². The van der Waals surface area contributed by atoms with E-state index in [2.05, 4.69) is 24.3 Å². The molecule has 0 aliphatic carbocycles. The molecule has 2 atom stereocenters. The molecule has 0 aromatic carbocycles. The molecule has 2 unspecified atom stereocenters. The smallest absolute Gasteiger partial charge is 0.0805 e. The molecule has 0 fully saturated rings. The van der Waals surface area contributed by atoms with Crippen molar-refractivity contribution in [1.29, 1.82) is 0 Å². The van der Waals surface area contributed by atoms with Crippen LogP contribution in [0.5, 0.6) is 0 Å². The van der Waals surface area contributed by atoms with Gasteiger partial charge in [0, 0.05) is 18.5 Å². The molecular formula is C13H23N3O. The Morgan fingerprint density at radius 3 is 2.53 bits per heavy atom.